The van der Waals surface area contributed by atoms with E-state index in [1.165, 1.54) is 11.0 Å². The molecule has 3 N–H and O–H groups in total. The molecular formula is C19H22F3N9O2. The number of rotatable bonds is 4. The molecule has 0 bridgehead atoms. The monoisotopic (exact) mass is 465 g/mol. The number of hydrogen-bond donors (Lipinski definition) is 2. The topological polar surface area (TPSA) is 127 Å². The summed E-state index contributed by atoms with van der Waals surface area (Å²) in [5.74, 6) is -0.0141. The summed E-state index contributed by atoms with van der Waals surface area (Å²) in [6.07, 6.45) is -2.45. The van der Waals surface area contributed by atoms with E-state index < -0.39 is 23.7 Å². The van der Waals surface area contributed by atoms with E-state index in [0.29, 0.717) is 37.7 Å². The Morgan fingerprint density at radius 1 is 1.24 bits per heavy atom. The van der Waals surface area contributed by atoms with Crippen molar-refractivity contribution >= 4 is 29.4 Å². The number of fused-ring (bicyclic) bond motifs is 1. The zero-order valence-corrected chi connectivity index (χ0v) is 17.9. The molecule has 0 unspecified atom stereocenters. The number of aromatic nitrogens is 5. The van der Waals surface area contributed by atoms with E-state index in [1.807, 2.05) is 11.8 Å². The Morgan fingerprint density at radius 2 is 2.03 bits per heavy atom. The molecule has 1 fully saturated rings. The Morgan fingerprint density at radius 3 is 2.73 bits per heavy atom. The molecule has 1 aliphatic heterocycles. The smallest absolute Gasteiger partial charge is 0.437 e. The molecule has 0 aromatic carbocycles. The van der Waals surface area contributed by atoms with Gasteiger partial charge in [-0.25, -0.2) is 9.78 Å². The van der Waals surface area contributed by atoms with Gasteiger partial charge in [-0.2, -0.15) is 32.8 Å². The van der Waals surface area contributed by atoms with Crippen LogP contribution < -0.4 is 20.7 Å². The lowest BCUT2D eigenvalue weighted by molar-refractivity contribution is -0.142. The highest BCUT2D eigenvalue weighted by Crippen LogP contribution is 2.35. The van der Waals surface area contributed by atoms with Crippen LogP contribution in [0.3, 0.4) is 0 Å². The Hall–Kier alpha value is -3.84. The average Bonchev–Trinajstić information content (AvgIpc) is 3.25. The second-order valence-electron chi connectivity index (χ2n) is 7.36. The third-order valence-corrected chi connectivity index (χ3v) is 5.34. The predicted molar refractivity (Wildman–Crippen MR) is 113 cm³/mol. The van der Waals surface area contributed by atoms with E-state index in [4.69, 9.17) is 10.5 Å². The molecule has 0 saturated carbocycles. The second-order valence-corrected chi connectivity index (χ2v) is 7.36. The van der Waals surface area contributed by atoms with E-state index in [1.54, 1.807) is 16.8 Å². The molecule has 4 rings (SSSR count). The highest BCUT2D eigenvalue weighted by Gasteiger charge is 2.37. The number of halogens is 3. The maximum atomic E-state index is 13.2. The standard InChI is InChI=1S/C19H22F3N9O2/c1-3-11-10-29(8-9-30(11)17-28-16(23)27-14-6-7-24-31(14)17)18(32)26-13-5-4-12(33-2)15(25-13)19(20,21)22/h4-7,11H,3,8-10H2,1-2H3,(H2,23,27)(H,25,26,32)/t11-/m0/s1. The normalized spacial score (nSPS) is 16.8. The van der Waals surface area contributed by atoms with Gasteiger partial charge in [0.1, 0.15) is 11.6 Å². The van der Waals surface area contributed by atoms with Crippen molar-refractivity contribution in [1.29, 1.82) is 0 Å². The first-order valence-electron chi connectivity index (χ1n) is 10.1. The number of methoxy groups -OCH3 is 1. The highest BCUT2D eigenvalue weighted by atomic mass is 19.4. The number of alkyl halides is 3. The van der Waals surface area contributed by atoms with Crippen LogP contribution in [0.25, 0.3) is 5.65 Å². The first-order valence-corrected chi connectivity index (χ1v) is 10.1. The minimum Gasteiger partial charge on any atom is -0.494 e. The van der Waals surface area contributed by atoms with Crippen molar-refractivity contribution in [2.45, 2.75) is 25.6 Å². The van der Waals surface area contributed by atoms with Crippen molar-refractivity contribution in [3.05, 3.63) is 30.1 Å². The van der Waals surface area contributed by atoms with Gasteiger partial charge in [-0.15, -0.1) is 0 Å². The van der Waals surface area contributed by atoms with Crippen LogP contribution in [0.4, 0.5) is 35.7 Å². The average molecular weight is 465 g/mol. The molecule has 33 heavy (non-hydrogen) atoms. The Labute approximate surface area is 186 Å². The van der Waals surface area contributed by atoms with Crippen molar-refractivity contribution in [2.24, 2.45) is 0 Å². The van der Waals surface area contributed by atoms with Gasteiger partial charge in [0.15, 0.2) is 11.3 Å². The number of piperazine rings is 1. The zero-order chi connectivity index (χ0) is 23.8. The van der Waals surface area contributed by atoms with Gasteiger partial charge in [-0.05, 0) is 18.6 Å². The van der Waals surface area contributed by atoms with Crippen LogP contribution >= 0.6 is 0 Å². The summed E-state index contributed by atoms with van der Waals surface area (Å²) in [5.41, 5.74) is 5.19. The van der Waals surface area contributed by atoms with E-state index in [9.17, 15) is 18.0 Å². The van der Waals surface area contributed by atoms with Gasteiger partial charge in [0, 0.05) is 31.7 Å². The Bertz CT molecular complexity index is 1170. The molecule has 11 nitrogen and oxygen atoms in total. The molecule has 176 valence electrons. The molecule has 0 aliphatic carbocycles. The summed E-state index contributed by atoms with van der Waals surface area (Å²) in [6.45, 7) is 3.00. The number of nitrogens with one attached hydrogen (secondary N) is 1. The van der Waals surface area contributed by atoms with Crippen LogP contribution in [-0.2, 0) is 6.18 Å². The fourth-order valence-corrected chi connectivity index (χ4v) is 3.74. The summed E-state index contributed by atoms with van der Waals surface area (Å²) in [6, 6.07) is 3.42. The van der Waals surface area contributed by atoms with Crippen molar-refractivity contribution in [1.82, 2.24) is 29.5 Å². The van der Waals surface area contributed by atoms with Crippen LogP contribution in [0.5, 0.6) is 5.75 Å². The SMILES string of the molecule is CC[C@H]1CN(C(=O)Nc2ccc(OC)c(C(F)(F)F)n2)CCN1c1nc(N)nc2ccnn12. The van der Waals surface area contributed by atoms with E-state index in [-0.39, 0.29) is 17.8 Å². The van der Waals surface area contributed by atoms with Gasteiger partial charge in [0.05, 0.1) is 13.3 Å². The van der Waals surface area contributed by atoms with E-state index in [2.05, 4.69) is 25.4 Å². The molecule has 2 amide bonds. The lowest BCUT2D eigenvalue weighted by atomic mass is 10.1. The number of nitrogen functional groups attached to an aromatic ring is 1. The number of nitrogens with zero attached hydrogens (tertiary/aromatic N) is 7. The Kier molecular flexibility index (Phi) is 5.82. The summed E-state index contributed by atoms with van der Waals surface area (Å²) >= 11 is 0. The van der Waals surface area contributed by atoms with Crippen molar-refractivity contribution in [3.63, 3.8) is 0 Å². The molecule has 1 aliphatic rings. The number of hydrogen-bond acceptors (Lipinski definition) is 8. The van der Waals surface area contributed by atoms with Crippen molar-refractivity contribution < 1.29 is 22.7 Å². The molecule has 1 atom stereocenters. The number of pyridine rings is 1. The molecule has 0 spiro atoms. The molecular weight excluding hydrogens is 443 g/mol. The van der Waals surface area contributed by atoms with E-state index in [0.717, 1.165) is 13.2 Å². The third kappa shape index (κ3) is 4.40. The van der Waals surface area contributed by atoms with Crippen molar-refractivity contribution in [3.8, 4) is 5.75 Å². The van der Waals surface area contributed by atoms with Crippen LogP contribution in [0, 0.1) is 0 Å². The highest BCUT2D eigenvalue weighted by molar-refractivity contribution is 5.88. The molecule has 1 saturated heterocycles. The van der Waals surface area contributed by atoms with Crippen molar-refractivity contribution in [2.75, 3.05) is 42.7 Å². The predicted octanol–water partition coefficient (Wildman–Crippen LogP) is 2.26. The maximum absolute atomic E-state index is 13.2. The summed E-state index contributed by atoms with van der Waals surface area (Å²) in [7, 11) is 1.12. The van der Waals surface area contributed by atoms with Gasteiger partial charge >= 0.3 is 12.2 Å². The lowest BCUT2D eigenvalue weighted by Crippen LogP contribution is -2.56. The second kappa shape index (κ2) is 8.60. The quantitative estimate of drug-likeness (QED) is 0.601. The van der Waals surface area contributed by atoms with Gasteiger partial charge in [0.25, 0.3) is 0 Å². The number of amides is 2. The minimum atomic E-state index is -4.72. The number of anilines is 3. The summed E-state index contributed by atoms with van der Waals surface area (Å²) < 4.78 is 46.0. The largest absolute Gasteiger partial charge is 0.494 e. The molecule has 3 aromatic rings. The number of carbonyl (C=O) groups excluding carboxylic acids is 1. The van der Waals surface area contributed by atoms with Crippen LogP contribution in [0.2, 0.25) is 0 Å². The van der Waals surface area contributed by atoms with Crippen LogP contribution in [0.15, 0.2) is 24.4 Å². The number of carbonyl (C=O) groups is 1. The summed E-state index contributed by atoms with van der Waals surface area (Å²) in [4.78, 5) is 28.3. The lowest BCUT2D eigenvalue weighted by Gasteiger charge is -2.41. The maximum Gasteiger partial charge on any atom is 0.437 e. The van der Waals surface area contributed by atoms with Crippen LogP contribution in [-0.4, -0.2) is 68.3 Å². The van der Waals surface area contributed by atoms with E-state index >= 15 is 0 Å². The Balaban J connectivity index is 1.51. The molecule has 14 heteroatoms. The summed E-state index contributed by atoms with van der Waals surface area (Å²) in [5, 5.41) is 6.69. The number of urea groups is 1. The fraction of sp³-hybridized carbons (Fsp3) is 0.421. The van der Waals surface area contributed by atoms with Crippen LogP contribution in [0.1, 0.15) is 19.0 Å². The molecule has 4 heterocycles. The zero-order valence-electron chi connectivity index (χ0n) is 17.9. The van der Waals surface area contributed by atoms with Gasteiger partial charge in [-0.3, -0.25) is 5.32 Å². The first-order chi connectivity index (χ1) is 15.7. The molecule has 0 radical (unpaired) electrons. The molecule has 3 aromatic heterocycles. The third-order valence-electron chi connectivity index (χ3n) is 5.34. The van der Waals surface area contributed by atoms with Gasteiger partial charge in [-0.1, -0.05) is 6.92 Å². The first kappa shape index (κ1) is 22.4. The van der Waals surface area contributed by atoms with Gasteiger partial charge in [0.2, 0.25) is 11.9 Å². The van der Waals surface area contributed by atoms with Gasteiger partial charge < -0.3 is 20.3 Å². The minimum absolute atomic E-state index is 0.110. The number of nitrogens with two attached hydrogens (primary N) is 1. The number of ether oxygens (including phenoxy) is 1. The fourth-order valence-electron chi connectivity index (χ4n) is 3.74.